The fourth-order valence-electron chi connectivity index (χ4n) is 3.36. The maximum absolute atomic E-state index is 12.4. The van der Waals surface area contributed by atoms with Crippen LogP contribution in [0.1, 0.15) is 37.7 Å². The molecule has 1 aliphatic rings. The summed E-state index contributed by atoms with van der Waals surface area (Å²) < 4.78 is 5.72. The lowest BCUT2D eigenvalue weighted by Crippen LogP contribution is -2.30. The van der Waals surface area contributed by atoms with Crippen molar-refractivity contribution in [3.63, 3.8) is 0 Å². The normalized spacial score (nSPS) is 14.1. The molecule has 1 amide bonds. The molecule has 4 nitrogen and oxygen atoms in total. The van der Waals surface area contributed by atoms with E-state index >= 15 is 0 Å². The molecule has 1 saturated heterocycles. The standard InChI is InChI=1S/C22H27ClN2O2/c1-17-7-5-8-19(15-17)27-14-6-9-22(26)24-20-16-18(23)10-11-21(20)25-12-3-2-4-13-25/h5,7-8,10-11,15-16H,2-4,6,9,12-14H2,1H3,(H,24,26). The van der Waals surface area contributed by atoms with Crippen LogP contribution in [0.4, 0.5) is 11.4 Å². The van der Waals surface area contributed by atoms with Crippen molar-refractivity contribution in [2.24, 2.45) is 0 Å². The SMILES string of the molecule is Cc1cccc(OCCCC(=O)Nc2cc(Cl)ccc2N2CCCCC2)c1. The van der Waals surface area contributed by atoms with Crippen molar-refractivity contribution in [3.8, 4) is 5.75 Å². The van der Waals surface area contributed by atoms with Crippen LogP contribution in [-0.2, 0) is 4.79 Å². The molecule has 0 aliphatic carbocycles. The van der Waals surface area contributed by atoms with Crippen LogP contribution in [0.25, 0.3) is 0 Å². The average Bonchev–Trinajstić information content (AvgIpc) is 2.66. The monoisotopic (exact) mass is 386 g/mol. The highest BCUT2D eigenvalue weighted by Crippen LogP contribution is 2.31. The molecule has 1 fully saturated rings. The molecule has 0 bridgehead atoms. The molecule has 0 atom stereocenters. The first kappa shape index (κ1) is 19.6. The Morgan fingerprint density at radius 2 is 1.96 bits per heavy atom. The van der Waals surface area contributed by atoms with Crippen molar-refractivity contribution < 1.29 is 9.53 Å². The third kappa shape index (κ3) is 5.90. The Morgan fingerprint density at radius 1 is 1.15 bits per heavy atom. The van der Waals surface area contributed by atoms with E-state index < -0.39 is 0 Å². The Kier molecular flexibility index (Phi) is 6.99. The summed E-state index contributed by atoms with van der Waals surface area (Å²) in [5.41, 5.74) is 3.02. The smallest absolute Gasteiger partial charge is 0.224 e. The minimum Gasteiger partial charge on any atom is -0.494 e. The van der Waals surface area contributed by atoms with Gasteiger partial charge in [-0.05, 0) is 68.5 Å². The van der Waals surface area contributed by atoms with Crippen molar-refractivity contribution >= 4 is 28.9 Å². The van der Waals surface area contributed by atoms with Gasteiger partial charge in [0.2, 0.25) is 5.91 Å². The zero-order chi connectivity index (χ0) is 19.1. The highest BCUT2D eigenvalue weighted by atomic mass is 35.5. The second kappa shape index (κ2) is 9.65. The quantitative estimate of drug-likeness (QED) is 0.644. The lowest BCUT2D eigenvalue weighted by molar-refractivity contribution is -0.116. The van der Waals surface area contributed by atoms with Gasteiger partial charge in [0.05, 0.1) is 18.0 Å². The lowest BCUT2D eigenvalue weighted by atomic mass is 10.1. The van der Waals surface area contributed by atoms with E-state index in [4.69, 9.17) is 16.3 Å². The highest BCUT2D eigenvalue weighted by Gasteiger charge is 2.16. The van der Waals surface area contributed by atoms with Gasteiger partial charge >= 0.3 is 0 Å². The third-order valence-corrected chi connectivity index (χ3v) is 4.97. The number of carbonyl (C=O) groups is 1. The first-order valence-electron chi connectivity index (χ1n) is 9.65. The van der Waals surface area contributed by atoms with Gasteiger partial charge in [0.25, 0.3) is 0 Å². The van der Waals surface area contributed by atoms with Crippen molar-refractivity contribution in [2.75, 3.05) is 29.9 Å². The van der Waals surface area contributed by atoms with E-state index in [2.05, 4.69) is 10.2 Å². The fourth-order valence-corrected chi connectivity index (χ4v) is 3.53. The van der Waals surface area contributed by atoms with E-state index in [-0.39, 0.29) is 5.91 Å². The van der Waals surface area contributed by atoms with Crippen molar-refractivity contribution in [2.45, 2.75) is 39.0 Å². The first-order valence-corrected chi connectivity index (χ1v) is 10.0. The van der Waals surface area contributed by atoms with Gasteiger partial charge in [0.15, 0.2) is 0 Å². The summed E-state index contributed by atoms with van der Waals surface area (Å²) in [7, 11) is 0. The molecule has 0 aromatic heterocycles. The van der Waals surface area contributed by atoms with Gasteiger partial charge in [0.1, 0.15) is 5.75 Å². The molecule has 2 aromatic carbocycles. The minimum absolute atomic E-state index is 0.0108. The highest BCUT2D eigenvalue weighted by molar-refractivity contribution is 6.31. The number of hydrogen-bond donors (Lipinski definition) is 1. The summed E-state index contributed by atoms with van der Waals surface area (Å²) >= 11 is 6.16. The van der Waals surface area contributed by atoms with E-state index in [1.165, 1.54) is 19.3 Å². The zero-order valence-electron chi connectivity index (χ0n) is 15.8. The fraction of sp³-hybridized carbons (Fsp3) is 0.409. The molecular weight excluding hydrogens is 360 g/mol. The van der Waals surface area contributed by atoms with E-state index in [0.29, 0.717) is 24.5 Å². The van der Waals surface area contributed by atoms with Gasteiger partial charge in [-0.15, -0.1) is 0 Å². The number of anilines is 2. The number of carbonyl (C=O) groups excluding carboxylic acids is 1. The molecule has 0 unspecified atom stereocenters. The summed E-state index contributed by atoms with van der Waals surface area (Å²) in [5.74, 6) is 0.834. The van der Waals surface area contributed by atoms with Gasteiger partial charge in [-0.3, -0.25) is 4.79 Å². The molecule has 0 saturated carbocycles. The van der Waals surface area contributed by atoms with Crippen LogP contribution in [0.5, 0.6) is 5.75 Å². The van der Waals surface area contributed by atoms with Crippen LogP contribution >= 0.6 is 11.6 Å². The summed E-state index contributed by atoms with van der Waals surface area (Å²) in [6.07, 6.45) is 4.72. The maximum atomic E-state index is 12.4. The van der Waals surface area contributed by atoms with Crippen LogP contribution in [0.3, 0.4) is 0 Å². The Hall–Kier alpha value is -2.20. The molecular formula is C22H27ClN2O2. The van der Waals surface area contributed by atoms with Gasteiger partial charge in [0, 0.05) is 24.5 Å². The number of piperidine rings is 1. The summed E-state index contributed by atoms with van der Waals surface area (Å²) in [5, 5.41) is 3.67. The second-order valence-electron chi connectivity index (χ2n) is 7.03. The zero-order valence-corrected chi connectivity index (χ0v) is 16.6. The van der Waals surface area contributed by atoms with Gasteiger partial charge in [-0.2, -0.15) is 0 Å². The van der Waals surface area contributed by atoms with E-state index in [1.54, 1.807) is 0 Å². The van der Waals surface area contributed by atoms with Gasteiger partial charge in [-0.25, -0.2) is 0 Å². The molecule has 0 radical (unpaired) electrons. The number of amides is 1. The first-order chi connectivity index (χ1) is 13.1. The number of nitrogens with zero attached hydrogens (tertiary/aromatic N) is 1. The van der Waals surface area contributed by atoms with Gasteiger partial charge < -0.3 is 15.0 Å². The molecule has 0 spiro atoms. The summed E-state index contributed by atoms with van der Waals surface area (Å²) in [6, 6.07) is 13.7. The summed E-state index contributed by atoms with van der Waals surface area (Å²) in [4.78, 5) is 14.7. The Bertz CT molecular complexity index is 773. The van der Waals surface area contributed by atoms with Gasteiger partial charge in [-0.1, -0.05) is 23.7 Å². The largest absolute Gasteiger partial charge is 0.494 e. The number of halogens is 1. The molecule has 1 N–H and O–H groups in total. The number of rotatable bonds is 7. The molecule has 27 heavy (non-hydrogen) atoms. The van der Waals surface area contributed by atoms with Crippen LogP contribution in [-0.4, -0.2) is 25.6 Å². The number of hydrogen-bond acceptors (Lipinski definition) is 3. The van der Waals surface area contributed by atoms with E-state index in [1.807, 2.05) is 49.4 Å². The second-order valence-corrected chi connectivity index (χ2v) is 7.46. The molecule has 2 aromatic rings. The number of ether oxygens (including phenoxy) is 1. The maximum Gasteiger partial charge on any atom is 0.224 e. The van der Waals surface area contributed by atoms with E-state index in [9.17, 15) is 4.79 Å². The number of aryl methyl sites for hydroxylation is 1. The van der Waals surface area contributed by atoms with Crippen LogP contribution in [0, 0.1) is 6.92 Å². The van der Waals surface area contributed by atoms with Crippen molar-refractivity contribution in [3.05, 3.63) is 53.1 Å². The molecule has 3 rings (SSSR count). The number of nitrogens with one attached hydrogen (secondary N) is 1. The third-order valence-electron chi connectivity index (χ3n) is 4.74. The Morgan fingerprint density at radius 3 is 2.74 bits per heavy atom. The van der Waals surface area contributed by atoms with Crippen LogP contribution in [0.15, 0.2) is 42.5 Å². The topological polar surface area (TPSA) is 41.6 Å². The predicted molar refractivity (Wildman–Crippen MR) is 112 cm³/mol. The number of benzene rings is 2. The molecule has 1 heterocycles. The summed E-state index contributed by atoms with van der Waals surface area (Å²) in [6.45, 7) is 4.60. The van der Waals surface area contributed by atoms with Crippen molar-refractivity contribution in [1.29, 1.82) is 0 Å². The lowest BCUT2D eigenvalue weighted by Gasteiger charge is -2.30. The van der Waals surface area contributed by atoms with Crippen molar-refractivity contribution in [1.82, 2.24) is 0 Å². The minimum atomic E-state index is -0.0108. The molecule has 1 aliphatic heterocycles. The van der Waals surface area contributed by atoms with Crippen LogP contribution < -0.4 is 15.0 Å². The Balaban J connectivity index is 1.52. The average molecular weight is 387 g/mol. The predicted octanol–water partition coefficient (Wildman–Crippen LogP) is 5.44. The molecule has 5 heteroatoms. The van der Waals surface area contributed by atoms with E-state index in [0.717, 1.165) is 35.8 Å². The molecule has 144 valence electrons. The van der Waals surface area contributed by atoms with Crippen LogP contribution in [0.2, 0.25) is 5.02 Å². The Labute approximate surface area is 166 Å².